The molecule has 0 fully saturated rings. The first-order chi connectivity index (χ1) is 8.11. The van der Waals surface area contributed by atoms with E-state index < -0.39 is 11.9 Å². The molecule has 1 unspecified atom stereocenters. The highest BCUT2D eigenvalue weighted by atomic mass is 79.9. The lowest BCUT2D eigenvalue weighted by atomic mass is 10.1. The highest BCUT2D eigenvalue weighted by Gasteiger charge is 2.18. The number of nitriles is 1. The lowest BCUT2D eigenvalue weighted by molar-refractivity contribution is 0.214. The Labute approximate surface area is 109 Å². The Morgan fingerprint density at radius 1 is 1.53 bits per heavy atom. The van der Waals surface area contributed by atoms with Gasteiger partial charge < -0.3 is 5.11 Å². The number of aromatic nitrogens is 1. The van der Waals surface area contributed by atoms with Crippen molar-refractivity contribution in [3.05, 3.63) is 50.1 Å². The molecule has 0 aliphatic heterocycles. The first-order valence-corrected chi connectivity index (χ1v) is 6.27. The molecule has 0 aliphatic rings. The lowest BCUT2D eigenvalue weighted by Gasteiger charge is -2.08. The van der Waals surface area contributed by atoms with E-state index in [0.717, 1.165) is 6.07 Å². The van der Waals surface area contributed by atoms with Crippen LogP contribution < -0.4 is 0 Å². The fraction of sp³-hybridized carbons (Fsp3) is 0.0909. The Morgan fingerprint density at radius 3 is 2.82 bits per heavy atom. The van der Waals surface area contributed by atoms with E-state index in [1.54, 1.807) is 5.38 Å². The molecule has 1 aromatic heterocycles. The Balaban J connectivity index is 2.38. The quantitative estimate of drug-likeness (QED) is 0.927. The largest absolute Gasteiger partial charge is 0.381 e. The highest BCUT2D eigenvalue weighted by molar-refractivity contribution is 9.10. The molecule has 0 radical (unpaired) electrons. The molecule has 2 rings (SSSR count). The maximum atomic E-state index is 13.6. The van der Waals surface area contributed by atoms with Gasteiger partial charge in [-0.05, 0) is 28.1 Å². The van der Waals surface area contributed by atoms with Crippen LogP contribution in [0.2, 0.25) is 0 Å². The molecule has 17 heavy (non-hydrogen) atoms. The monoisotopic (exact) mass is 312 g/mol. The van der Waals surface area contributed by atoms with Crippen molar-refractivity contribution in [1.82, 2.24) is 4.98 Å². The molecule has 1 atom stereocenters. The summed E-state index contributed by atoms with van der Waals surface area (Å²) in [5.74, 6) is -0.608. The predicted molar refractivity (Wildman–Crippen MR) is 65.0 cm³/mol. The maximum Gasteiger partial charge on any atom is 0.133 e. The molecule has 0 saturated heterocycles. The summed E-state index contributed by atoms with van der Waals surface area (Å²) >= 11 is 4.40. The number of thiazole rings is 1. The Bertz CT molecular complexity index is 593. The molecule has 1 N–H and O–H groups in total. The van der Waals surface area contributed by atoms with E-state index in [2.05, 4.69) is 20.9 Å². The standard InChI is InChI=1S/C11H6BrFN2OS/c12-9-5-17-11(15-9)10(16)7-2-1-6(4-14)3-8(7)13/h1-3,5,10,16H. The molecule has 0 aliphatic carbocycles. The van der Waals surface area contributed by atoms with Gasteiger partial charge in [-0.15, -0.1) is 11.3 Å². The average molecular weight is 313 g/mol. The zero-order valence-corrected chi connectivity index (χ0v) is 10.8. The number of hydrogen-bond acceptors (Lipinski definition) is 4. The smallest absolute Gasteiger partial charge is 0.133 e. The van der Waals surface area contributed by atoms with Crippen molar-refractivity contribution in [3.8, 4) is 6.07 Å². The number of hydrogen-bond donors (Lipinski definition) is 1. The Kier molecular flexibility index (Phi) is 3.52. The van der Waals surface area contributed by atoms with Crippen molar-refractivity contribution in [2.24, 2.45) is 0 Å². The minimum absolute atomic E-state index is 0.117. The molecule has 2 aromatic rings. The van der Waals surface area contributed by atoms with Crippen molar-refractivity contribution >= 4 is 27.3 Å². The molecule has 0 spiro atoms. The second kappa shape index (κ2) is 4.92. The van der Waals surface area contributed by atoms with Crippen LogP contribution in [0.1, 0.15) is 22.2 Å². The molecule has 1 aromatic carbocycles. The van der Waals surface area contributed by atoms with Crippen molar-refractivity contribution in [2.75, 3.05) is 0 Å². The van der Waals surface area contributed by atoms with Gasteiger partial charge in [-0.1, -0.05) is 6.07 Å². The minimum atomic E-state index is -1.11. The van der Waals surface area contributed by atoms with Crippen molar-refractivity contribution < 1.29 is 9.50 Å². The second-order valence-corrected chi connectivity index (χ2v) is 4.96. The van der Waals surface area contributed by atoms with E-state index in [4.69, 9.17) is 5.26 Å². The van der Waals surface area contributed by atoms with E-state index in [1.807, 2.05) is 6.07 Å². The van der Waals surface area contributed by atoms with Gasteiger partial charge in [-0.2, -0.15) is 5.26 Å². The summed E-state index contributed by atoms with van der Waals surface area (Å²) in [5, 5.41) is 20.7. The van der Waals surface area contributed by atoms with E-state index in [-0.39, 0.29) is 11.1 Å². The van der Waals surface area contributed by atoms with Crippen LogP contribution in [-0.2, 0) is 0 Å². The first kappa shape index (κ1) is 12.2. The van der Waals surface area contributed by atoms with Gasteiger partial charge in [-0.3, -0.25) is 0 Å². The first-order valence-electron chi connectivity index (χ1n) is 4.60. The molecule has 6 heteroatoms. The van der Waals surface area contributed by atoms with Gasteiger partial charge in [0.2, 0.25) is 0 Å². The zero-order valence-electron chi connectivity index (χ0n) is 8.39. The molecular weight excluding hydrogens is 307 g/mol. The van der Waals surface area contributed by atoms with E-state index in [1.165, 1.54) is 23.5 Å². The summed E-state index contributed by atoms with van der Waals surface area (Å²) in [6, 6.07) is 5.79. The fourth-order valence-corrected chi connectivity index (χ4v) is 2.61. The van der Waals surface area contributed by atoms with E-state index in [9.17, 15) is 9.50 Å². The predicted octanol–water partition coefficient (Wildman–Crippen LogP) is 3.00. The van der Waals surface area contributed by atoms with Crippen LogP contribution in [-0.4, -0.2) is 10.1 Å². The molecule has 0 bridgehead atoms. The number of rotatable bonds is 2. The summed E-state index contributed by atoms with van der Waals surface area (Å²) in [6.07, 6.45) is -1.11. The number of halogens is 2. The van der Waals surface area contributed by atoms with Gasteiger partial charge in [0.1, 0.15) is 21.5 Å². The van der Waals surface area contributed by atoms with Crippen LogP contribution in [0.3, 0.4) is 0 Å². The van der Waals surface area contributed by atoms with Crippen LogP contribution in [0.15, 0.2) is 28.2 Å². The Morgan fingerprint density at radius 2 is 2.29 bits per heavy atom. The van der Waals surface area contributed by atoms with Gasteiger partial charge >= 0.3 is 0 Å². The van der Waals surface area contributed by atoms with Crippen LogP contribution >= 0.6 is 27.3 Å². The van der Waals surface area contributed by atoms with Gasteiger partial charge in [0.25, 0.3) is 0 Å². The third-order valence-electron chi connectivity index (χ3n) is 2.15. The third-order valence-corrected chi connectivity index (χ3v) is 3.76. The molecular formula is C11H6BrFN2OS. The van der Waals surface area contributed by atoms with Crippen molar-refractivity contribution in [3.63, 3.8) is 0 Å². The summed E-state index contributed by atoms with van der Waals surface area (Å²) in [4.78, 5) is 4.02. The summed E-state index contributed by atoms with van der Waals surface area (Å²) in [7, 11) is 0. The van der Waals surface area contributed by atoms with Crippen molar-refractivity contribution in [1.29, 1.82) is 5.26 Å². The van der Waals surface area contributed by atoms with Crippen LogP contribution in [0.4, 0.5) is 4.39 Å². The number of aliphatic hydroxyl groups excluding tert-OH is 1. The topological polar surface area (TPSA) is 56.9 Å². The highest BCUT2D eigenvalue weighted by Crippen LogP contribution is 2.28. The van der Waals surface area contributed by atoms with Gasteiger partial charge in [0.15, 0.2) is 0 Å². The molecule has 1 heterocycles. The SMILES string of the molecule is N#Cc1ccc(C(O)c2nc(Br)cs2)c(F)c1. The van der Waals surface area contributed by atoms with Gasteiger partial charge in [0.05, 0.1) is 11.6 Å². The minimum Gasteiger partial charge on any atom is -0.381 e. The third kappa shape index (κ3) is 2.52. The molecule has 3 nitrogen and oxygen atoms in total. The average Bonchev–Trinajstić information content (AvgIpc) is 2.75. The summed E-state index contributed by atoms with van der Waals surface area (Å²) in [6.45, 7) is 0. The Hall–Kier alpha value is -1.29. The van der Waals surface area contributed by atoms with Crippen LogP contribution in [0.5, 0.6) is 0 Å². The van der Waals surface area contributed by atoms with Crippen molar-refractivity contribution in [2.45, 2.75) is 6.10 Å². The van der Waals surface area contributed by atoms with E-state index >= 15 is 0 Å². The van der Waals surface area contributed by atoms with Gasteiger partial charge in [0, 0.05) is 10.9 Å². The summed E-state index contributed by atoms with van der Waals surface area (Å²) in [5.41, 5.74) is 0.338. The van der Waals surface area contributed by atoms with Crippen LogP contribution in [0, 0.1) is 17.1 Å². The van der Waals surface area contributed by atoms with Gasteiger partial charge in [-0.25, -0.2) is 9.37 Å². The number of aliphatic hydroxyl groups is 1. The lowest BCUT2D eigenvalue weighted by Crippen LogP contribution is -2.02. The zero-order chi connectivity index (χ0) is 12.4. The number of nitrogens with zero attached hydrogens (tertiary/aromatic N) is 2. The van der Waals surface area contributed by atoms with Crippen LogP contribution in [0.25, 0.3) is 0 Å². The van der Waals surface area contributed by atoms with E-state index in [0.29, 0.717) is 9.61 Å². The fourth-order valence-electron chi connectivity index (χ4n) is 1.34. The molecule has 0 saturated carbocycles. The second-order valence-electron chi connectivity index (χ2n) is 3.26. The molecule has 86 valence electrons. The number of benzene rings is 1. The summed E-state index contributed by atoms with van der Waals surface area (Å²) < 4.78 is 14.2. The maximum absolute atomic E-state index is 13.6. The molecule has 0 amide bonds. The normalized spacial score (nSPS) is 12.1.